The second-order valence-corrected chi connectivity index (χ2v) is 6.99. The maximum absolute atomic E-state index is 12.1. The van der Waals surface area contributed by atoms with Crippen molar-refractivity contribution in [1.82, 2.24) is 4.98 Å². The maximum Gasteiger partial charge on any atom is 0.268 e. The molecule has 1 aromatic carbocycles. The molecule has 130 valence electrons. The number of anilines is 2. The summed E-state index contributed by atoms with van der Waals surface area (Å²) in [4.78, 5) is 16.7. The first-order chi connectivity index (χ1) is 12.2. The molecule has 2 aromatic rings. The number of allylic oxidation sites excluding steroid dienone is 1. The average Bonchev–Trinajstić information content (AvgIpc) is 2.58. The third kappa shape index (κ3) is 2.44. The first-order valence-electron chi connectivity index (χ1n) is 8.15. The predicted molar refractivity (Wildman–Crippen MR) is 102 cm³/mol. The van der Waals surface area contributed by atoms with Gasteiger partial charge in [0.1, 0.15) is 29.1 Å². The van der Waals surface area contributed by atoms with E-state index in [4.69, 9.17) is 5.73 Å². The number of hydrogen-bond acceptors (Lipinski definition) is 5. The molecule has 2 heterocycles. The molecular formula is C20H19N5O. The zero-order valence-corrected chi connectivity index (χ0v) is 15.1. The maximum atomic E-state index is 12.1. The monoisotopic (exact) mass is 345 g/mol. The number of nitrogens with zero attached hydrogens (tertiary/aromatic N) is 3. The Morgan fingerprint density at radius 3 is 2.46 bits per heavy atom. The van der Waals surface area contributed by atoms with Crippen molar-refractivity contribution in [2.75, 3.05) is 17.7 Å². The number of nitrogens with one attached hydrogen (secondary N) is 1. The highest BCUT2D eigenvalue weighted by atomic mass is 16.1. The van der Waals surface area contributed by atoms with Crippen LogP contribution in [0.25, 0.3) is 16.7 Å². The standard InChI is InChI=1S/C20H19N5O/c1-11-8-20(2,3)25(4)16-6-5-12(7-13(11)16)17-14(9-21)18(23)24-19(26)15(17)10-22/h5-8H,1-4H3,(H3,23,24,26). The predicted octanol–water partition coefficient (Wildman–Crippen LogP) is 3.00. The van der Waals surface area contributed by atoms with Gasteiger partial charge in [-0.3, -0.25) is 4.79 Å². The van der Waals surface area contributed by atoms with E-state index in [1.807, 2.05) is 44.3 Å². The fourth-order valence-electron chi connectivity index (χ4n) is 3.45. The van der Waals surface area contributed by atoms with Crippen LogP contribution in [0, 0.1) is 22.7 Å². The minimum atomic E-state index is -0.595. The van der Waals surface area contributed by atoms with E-state index in [9.17, 15) is 15.3 Å². The van der Waals surface area contributed by atoms with Gasteiger partial charge in [-0.25, -0.2) is 0 Å². The van der Waals surface area contributed by atoms with Gasteiger partial charge in [0, 0.05) is 23.9 Å². The molecule has 0 aliphatic carbocycles. The van der Waals surface area contributed by atoms with Crippen LogP contribution in [0.1, 0.15) is 37.5 Å². The number of benzene rings is 1. The number of pyridine rings is 1. The van der Waals surface area contributed by atoms with E-state index in [0.717, 1.165) is 16.8 Å². The summed E-state index contributed by atoms with van der Waals surface area (Å²) in [5.41, 5.74) is 9.13. The van der Waals surface area contributed by atoms with Crippen LogP contribution in [-0.4, -0.2) is 17.6 Å². The van der Waals surface area contributed by atoms with E-state index < -0.39 is 5.56 Å². The molecule has 0 fully saturated rings. The Morgan fingerprint density at radius 1 is 1.19 bits per heavy atom. The lowest BCUT2D eigenvalue weighted by atomic mass is 9.87. The third-order valence-electron chi connectivity index (χ3n) is 4.97. The summed E-state index contributed by atoms with van der Waals surface area (Å²) in [5.74, 6) is -0.0327. The number of rotatable bonds is 1. The second-order valence-electron chi connectivity index (χ2n) is 6.99. The van der Waals surface area contributed by atoms with E-state index in [1.54, 1.807) is 0 Å². The molecular weight excluding hydrogens is 326 g/mol. The normalized spacial score (nSPS) is 14.8. The van der Waals surface area contributed by atoms with Crippen LogP contribution in [-0.2, 0) is 0 Å². The quantitative estimate of drug-likeness (QED) is 0.825. The van der Waals surface area contributed by atoms with Gasteiger partial charge < -0.3 is 15.6 Å². The van der Waals surface area contributed by atoms with E-state index in [0.29, 0.717) is 5.56 Å². The Bertz CT molecular complexity index is 1090. The van der Waals surface area contributed by atoms with E-state index in [-0.39, 0.29) is 28.0 Å². The van der Waals surface area contributed by atoms with Crippen molar-refractivity contribution in [3.8, 4) is 23.3 Å². The highest BCUT2D eigenvalue weighted by Gasteiger charge is 2.29. The zero-order valence-electron chi connectivity index (χ0n) is 15.1. The number of fused-ring (bicyclic) bond motifs is 1. The van der Waals surface area contributed by atoms with E-state index >= 15 is 0 Å². The van der Waals surface area contributed by atoms with Crippen molar-refractivity contribution < 1.29 is 0 Å². The van der Waals surface area contributed by atoms with Crippen LogP contribution >= 0.6 is 0 Å². The van der Waals surface area contributed by atoms with Gasteiger partial charge in [0.25, 0.3) is 5.56 Å². The molecule has 0 radical (unpaired) electrons. The minimum absolute atomic E-state index is 0.0327. The fraction of sp³-hybridized carbons (Fsp3) is 0.250. The topological polar surface area (TPSA) is 110 Å². The highest BCUT2D eigenvalue weighted by molar-refractivity contribution is 5.87. The van der Waals surface area contributed by atoms with Crippen molar-refractivity contribution in [2.24, 2.45) is 0 Å². The van der Waals surface area contributed by atoms with Gasteiger partial charge in [0.15, 0.2) is 0 Å². The molecule has 0 bridgehead atoms. The Kier molecular flexibility index (Phi) is 3.85. The van der Waals surface area contributed by atoms with Gasteiger partial charge in [-0.05, 0) is 44.0 Å². The van der Waals surface area contributed by atoms with Gasteiger partial charge in [0.2, 0.25) is 0 Å². The number of aromatic amines is 1. The van der Waals surface area contributed by atoms with Crippen LogP contribution in [0.2, 0.25) is 0 Å². The summed E-state index contributed by atoms with van der Waals surface area (Å²) in [6, 6.07) is 9.58. The van der Waals surface area contributed by atoms with Gasteiger partial charge in [0.05, 0.1) is 5.54 Å². The number of nitrogens with two attached hydrogens (primary N) is 1. The van der Waals surface area contributed by atoms with Crippen molar-refractivity contribution in [3.05, 3.63) is 51.3 Å². The largest absolute Gasteiger partial charge is 0.384 e. The summed E-state index contributed by atoms with van der Waals surface area (Å²) in [6.45, 7) is 6.29. The lowest BCUT2D eigenvalue weighted by Crippen LogP contribution is -2.42. The minimum Gasteiger partial charge on any atom is -0.384 e. The van der Waals surface area contributed by atoms with Crippen LogP contribution in [0.15, 0.2) is 29.1 Å². The van der Waals surface area contributed by atoms with Crippen molar-refractivity contribution >= 4 is 17.1 Å². The Labute approximate surface area is 151 Å². The van der Waals surface area contributed by atoms with Gasteiger partial charge in [-0.1, -0.05) is 12.1 Å². The molecule has 1 aromatic heterocycles. The molecule has 0 atom stereocenters. The molecule has 3 rings (SSSR count). The number of aromatic nitrogens is 1. The Balaban J connectivity index is 2.34. The van der Waals surface area contributed by atoms with E-state index in [1.165, 1.54) is 0 Å². The molecule has 0 amide bonds. The molecule has 0 saturated carbocycles. The molecule has 0 saturated heterocycles. The molecule has 1 aliphatic heterocycles. The summed E-state index contributed by atoms with van der Waals surface area (Å²) >= 11 is 0. The summed E-state index contributed by atoms with van der Waals surface area (Å²) in [6.07, 6.45) is 2.17. The zero-order chi connectivity index (χ0) is 19.2. The summed E-state index contributed by atoms with van der Waals surface area (Å²) in [5, 5.41) is 18.9. The van der Waals surface area contributed by atoms with Crippen LogP contribution in [0.4, 0.5) is 11.5 Å². The molecule has 0 unspecified atom stereocenters. The van der Waals surface area contributed by atoms with Crippen molar-refractivity contribution in [2.45, 2.75) is 26.3 Å². The third-order valence-corrected chi connectivity index (χ3v) is 4.97. The second kappa shape index (κ2) is 5.79. The highest BCUT2D eigenvalue weighted by Crippen LogP contribution is 2.40. The molecule has 26 heavy (non-hydrogen) atoms. The number of H-pyrrole nitrogens is 1. The van der Waals surface area contributed by atoms with Crippen LogP contribution < -0.4 is 16.2 Å². The SMILES string of the molecule is CC1=CC(C)(C)N(C)c2ccc(-c3c(C#N)c(N)[nH]c(=O)c3C#N)cc21. The number of hydrogen-bond donors (Lipinski definition) is 2. The molecule has 6 nitrogen and oxygen atoms in total. The summed E-state index contributed by atoms with van der Waals surface area (Å²) < 4.78 is 0. The molecule has 3 N–H and O–H groups in total. The van der Waals surface area contributed by atoms with Gasteiger partial charge in [-0.15, -0.1) is 0 Å². The molecule has 6 heteroatoms. The first kappa shape index (κ1) is 17.3. The van der Waals surface area contributed by atoms with Crippen LogP contribution in [0.3, 0.4) is 0 Å². The smallest absolute Gasteiger partial charge is 0.268 e. The average molecular weight is 345 g/mol. The van der Waals surface area contributed by atoms with Gasteiger partial charge >= 0.3 is 0 Å². The lowest BCUT2D eigenvalue weighted by molar-refractivity contribution is 0.598. The lowest BCUT2D eigenvalue weighted by Gasteiger charge is -2.40. The van der Waals surface area contributed by atoms with Crippen molar-refractivity contribution in [1.29, 1.82) is 10.5 Å². The summed E-state index contributed by atoms with van der Waals surface area (Å²) in [7, 11) is 2.02. The van der Waals surface area contributed by atoms with E-state index in [2.05, 4.69) is 29.8 Å². The van der Waals surface area contributed by atoms with Crippen LogP contribution in [0.5, 0.6) is 0 Å². The Morgan fingerprint density at radius 2 is 1.85 bits per heavy atom. The Hall–Kier alpha value is -3.51. The number of nitriles is 2. The molecule has 1 aliphatic rings. The fourth-order valence-corrected chi connectivity index (χ4v) is 3.45. The van der Waals surface area contributed by atoms with Gasteiger partial charge in [-0.2, -0.15) is 10.5 Å². The molecule has 0 spiro atoms. The van der Waals surface area contributed by atoms with Crippen molar-refractivity contribution in [3.63, 3.8) is 0 Å². The first-order valence-corrected chi connectivity index (χ1v) is 8.15. The number of likely N-dealkylation sites (N-methyl/N-ethyl adjacent to an activating group) is 1. The number of nitrogen functional groups attached to an aromatic ring is 1.